The van der Waals surface area contributed by atoms with Crippen LogP contribution in [0.2, 0.25) is 0 Å². The minimum absolute atomic E-state index is 0.215. The van der Waals surface area contributed by atoms with Gasteiger partial charge in [-0.2, -0.15) is 0 Å². The Morgan fingerprint density at radius 1 is 1.38 bits per heavy atom. The zero-order valence-electron chi connectivity index (χ0n) is 7.61. The van der Waals surface area contributed by atoms with Crippen LogP contribution in [0.15, 0.2) is 12.1 Å². The van der Waals surface area contributed by atoms with Gasteiger partial charge in [0.2, 0.25) is 0 Å². The van der Waals surface area contributed by atoms with E-state index >= 15 is 0 Å². The first kappa shape index (κ1) is 8.67. The summed E-state index contributed by atoms with van der Waals surface area (Å²) in [6.45, 7) is 1.73. The van der Waals surface area contributed by atoms with Gasteiger partial charge < -0.3 is 0 Å². The van der Waals surface area contributed by atoms with Crippen LogP contribution in [0.25, 0.3) is 0 Å². The zero-order valence-corrected chi connectivity index (χ0v) is 7.61. The normalized spacial score (nSPS) is 21.3. The van der Waals surface area contributed by atoms with Crippen molar-refractivity contribution in [1.82, 2.24) is 0 Å². The highest BCUT2D eigenvalue weighted by atomic mass is 19.1. The second kappa shape index (κ2) is 3.09. The molecule has 0 amide bonds. The molecule has 1 aromatic rings. The summed E-state index contributed by atoms with van der Waals surface area (Å²) < 4.78 is 26.5. The summed E-state index contributed by atoms with van der Waals surface area (Å²) in [5.41, 5.74) is 2.21. The van der Waals surface area contributed by atoms with Gasteiger partial charge in [0.15, 0.2) is 0 Å². The summed E-state index contributed by atoms with van der Waals surface area (Å²) in [4.78, 5) is 0. The monoisotopic (exact) mass is 182 g/mol. The van der Waals surface area contributed by atoms with Crippen LogP contribution in [0.4, 0.5) is 8.78 Å². The van der Waals surface area contributed by atoms with E-state index < -0.39 is 6.17 Å². The van der Waals surface area contributed by atoms with E-state index in [1.807, 2.05) is 0 Å². The molecule has 70 valence electrons. The largest absolute Gasteiger partial charge is 0.242 e. The lowest BCUT2D eigenvalue weighted by atomic mass is 9.87. The van der Waals surface area contributed by atoms with Crippen LogP contribution < -0.4 is 0 Å². The molecule has 0 fully saturated rings. The van der Waals surface area contributed by atoms with Crippen LogP contribution in [0, 0.1) is 12.7 Å². The lowest BCUT2D eigenvalue weighted by molar-refractivity contribution is 0.301. The maximum absolute atomic E-state index is 13.4. The topological polar surface area (TPSA) is 0 Å². The van der Waals surface area contributed by atoms with Crippen molar-refractivity contribution in [3.8, 4) is 0 Å². The fraction of sp³-hybridized carbons (Fsp3) is 0.455. The van der Waals surface area contributed by atoms with Crippen LogP contribution in [0.5, 0.6) is 0 Å². The first-order valence-electron chi connectivity index (χ1n) is 4.62. The van der Waals surface area contributed by atoms with Gasteiger partial charge in [-0.3, -0.25) is 0 Å². The molecule has 2 rings (SSSR count). The number of halogens is 2. The molecule has 0 heterocycles. The average Bonchev–Trinajstić information content (AvgIpc) is 2.12. The molecule has 0 saturated carbocycles. The molecule has 0 bridgehead atoms. The van der Waals surface area contributed by atoms with E-state index in [4.69, 9.17) is 0 Å². The van der Waals surface area contributed by atoms with Crippen LogP contribution in [0.3, 0.4) is 0 Å². The van der Waals surface area contributed by atoms with Gasteiger partial charge in [-0.1, -0.05) is 6.07 Å². The SMILES string of the molecule is Cc1c(F)ccc2c1CCC[C@@H]2F. The average molecular weight is 182 g/mol. The van der Waals surface area contributed by atoms with Gasteiger partial charge in [0.1, 0.15) is 12.0 Å². The van der Waals surface area contributed by atoms with Gasteiger partial charge >= 0.3 is 0 Å². The highest BCUT2D eigenvalue weighted by molar-refractivity contribution is 5.38. The van der Waals surface area contributed by atoms with Crippen molar-refractivity contribution in [3.63, 3.8) is 0 Å². The van der Waals surface area contributed by atoms with E-state index in [0.29, 0.717) is 17.5 Å². The van der Waals surface area contributed by atoms with Crippen LogP contribution in [-0.4, -0.2) is 0 Å². The predicted molar refractivity (Wildman–Crippen MR) is 47.9 cm³/mol. The van der Waals surface area contributed by atoms with Crippen molar-refractivity contribution in [2.24, 2.45) is 0 Å². The third-order valence-electron chi connectivity index (χ3n) is 2.79. The minimum Gasteiger partial charge on any atom is -0.242 e. The summed E-state index contributed by atoms with van der Waals surface area (Å²) in [7, 11) is 0. The Bertz CT molecular complexity index is 331. The van der Waals surface area contributed by atoms with Crippen molar-refractivity contribution < 1.29 is 8.78 Å². The highest BCUT2D eigenvalue weighted by Crippen LogP contribution is 2.34. The molecule has 0 aliphatic heterocycles. The zero-order chi connectivity index (χ0) is 9.42. The predicted octanol–water partition coefficient (Wildman–Crippen LogP) is 3.48. The molecule has 13 heavy (non-hydrogen) atoms. The maximum Gasteiger partial charge on any atom is 0.126 e. The summed E-state index contributed by atoms with van der Waals surface area (Å²) in [6.07, 6.45) is 1.35. The summed E-state index contributed by atoms with van der Waals surface area (Å²) in [6, 6.07) is 2.95. The summed E-state index contributed by atoms with van der Waals surface area (Å²) in [5, 5.41) is 0. The quantitative estimate of drug-likeness (QED) is 0.576. The molecule has 1 aliphatic rings. The fourth-order valence-electron chi connectivity index (χ4n) is 1.99. The Morgan fingerprint density at radius 2 is 2.15 bits per heavy atom. The molecule has 1 aromatic carbocycles. The van der Waals surface area contributed by atoms with E-state index in [9.17, 15) is 8.78 Å². The fourth-order valence-corrected chi connectivity index (χ4v) is 1.99. The van der Waals surface area contributed by atoms with Crippen molar-refractivity contribution in [2.45, 2.75) is 32.4 Å². The van der Waals surface area contributed by atoms with Crippen molar-refractivity contribution in [2.75, 3.05) is 0 Å². The van der Waals surface area contributed by atoms with Gasteiger partial charge in [0.05, 0.1) is 0 Å². The molecule has 0 spiro atoms. The Hall–Kier alpha value is -0.920. The van der Waals surface area contributed by atoms with Crippen LogP contribution >= 0.6 is 0 Å². The summed E-state index contributed by atoms with van der Waals surface area (Å²) in [5.74, 6) is -0.215. The van der Waals surface area contributed by atoms with Crippen LogP contribution in [0.1, 0.15) is 35.7 Å². The van der Waals surface area contributed by atoms with Crippen LogP contribution in [-0.2, 0) is 6.42 Å². The number of hydrogen-bond donors (Lipinski definition) is 0. The third-order valence-corrected chi connectivity index (χ3v) is 2.79. The molecule has 1 atom stereocenters. The van der Waals surface area contributed by atoms with Gasteiger partial charge in [-0.25, -0.2) is 8.78 Å². The van der Waals surface area contributed by atoms with E-state index in [0.717, 1.165) is 18.4 Å². The van der Waals surface area contributed by atoms with Gasteiger partial charge in [0, 0.05) is 0 Å². The number of rotatable bonds is 0. The molecule has 1 aliphatic carbocycles. The lowest BCUT2D eigenvalue weighted by Crippen LogP contribution is -2.08. The van der Waals surface area contributed by atoms with Crippen molar-refractivity contribution >= 4 is 0 Å². The van der Waals surface area contributed by atoms with Crippen molar-refractivity contribution in [1.29, 1.82) is 0 Å². The first-order valence-corrected chi connectivity index (χ1v) is 4.62. The minimum atomic E-state index is -0.886. The molecule has 0 N–H and O–H groups in total. The Kier molecular flexibility index (Phi) is 2.06. The third kappa shape index (κ3) is 1.34. The highest BCUT2D eigenvalue weighted by Gasteiger charge is 2.21. The molecule has 0 saturated heterocycles. The lowest BCUT2D eigenvalue weighted by Gasteiger charge is -2.21. The van der Waals surface area contributed by atoms with Gasteiger partial charge in [-0.15, -0.1) is 0 Å². The van der Waals surface area contributed by atoms with Gasteiger partial charge in [0.25, 0.3) is 0 Å². The molecule has 0 radical (unpaired) electrons. The molecule has 0 unspecified atom stereocenters. The van der Waals surface area contributed by atoms with E-state index in [1.165, 1.54) is 6.07 Å². The van der Waals surface area contributed by atoms with E-state index in [-0.39, 0.29) is 5.82 Å². The molecular weight excluding hydrogens is 170 g/mol. The maximum atomic E-state index is 13.4. The molecule has 2 heteroatoms. The molecule has 0 aromatic heterocycles. The molecular formula is C11H12F2. The number of fused-ring (bicyclic) bond motifs is 1. The number of hydrogen-bond acceptors (Lipinski definition) is 0. The second-order valence-corrected chi connectivity index (χ2v) is 3.60. The van der Waals surface area contributed by atoms with Crippen molar-refractivity contribution in [3.05, 3.63) is 34.6 Å². The first-order chi connectivity index (χ1) is 6.20. The second-order valence-electron chi connectivity index (χ2n) is 3.60. The Morgan fingerprint density at radius 3 is 2.92 bits per heavy atom. The standard InChI is InChI=1S/C11H12F2/c1-7-8-3-2-4-11(13)9(8)5-6-10(7)12/h5-6,11H,2-4H2,1H3/t11-/m0/s1. The Labute approximate surface area is 76.6 Å². The molecule has 0 nitrogen and oxygen atoms in total. The smallest absolute Gasteiger partial charge is 0.126 e. The summed E-state index contributed by atoms with van der Waals surface area (Å²) >= 11 is 0. The Balaban J connectivity index is 2.56. The number of alkyl halides is 1. The van der Waals surface area contributed by atoms with Gasteiger partial charge in [-0.05, 0) is 48.9 Å². The van der Waals surface area contributed by atoms with E-state index in [1.54, 1.807) is 13.0 Å². The van der Waals surface area contributed by atoms with E-state index in [2.05, 4.69) is 0 Å². The number of benzene rings is 1.